The number of hydrogen-bond acceptors (Lipinski definition) is 4. The Morgan fingerprint density at radius 3 is 2.78 bits per heavy atom. The highest BCUT2D eigenvalue weighted by atomic mass is 19.4. The molecule has 2 aromatic rings. The van der Waals surface area contributed by atoms with Crippen molar-refractivity contribution in [3.63, 3.8) is 0 Å². The van der Waals surface area contributed by atoms with E-state index < -0.39 is 28.8 Å². The van der Waals surface area contributed by atoms with Gasteiger partial charge in [0.15, 0.2) is 5.69 Å². The fourth-order valence-corrected chi connectivity index (χ4v) is 3.08. The van der Waals surface area contributed by atoms with Crippen LogP contribution < -0.4 is 16.1 Å². The molecule has 0 radical (unpaired) electrons. The van der Waals surface area contributed by atoms with E-state index in [4.69, 9.17) is 0 Å². The van der Waals surface area contributed by atoms with E-state index in [0.29, 0.717) is 6.54 Å². The van der Waals surface area contributed by atoms with Gasteiger partial charge >= 0.3 is 6.18 Å². The van der Waals surface area contributed by atoms with E-state index >= 15 is 0 Å². The second-order valence-corrected chi connectivity index (χ2v) is 6.43. The van der Waals surface area contributed by atoms with Crippen LogP contribution in [0.4, 0.5) is 13.2 Å². The number of carbonyl (C=O) groups is 1. The molecule has 1 aromatic carbocycles. The molecule has 0 saturated carbocycles. The molecule has 0 spiro atoms. The third-order valence-corrected chi connectivity index (χ3v) is 4.43. The van der Waals surface area contributed by atoms with Crippen molar-refractivity contribution < 1.29 is 18.0 Å². The van der Waals surface area contributed by atoms with Crippen LogP contribution >= 0.6 is 0 Å². The van der Waals surface area contributed by atoms with E-state index in [0.717, 1.165) is 36.2 Å². The number of nitrogens with zero attached hydrogens (tertiary/aromatic N) is 2. The lowest BCUT2D eigenvalue weighted by molar-refractivity contribution is -0.137. The number of halogens is 3. The zero-order valence-corrected chi connectivity index (χ0v) is 14.6. The zero-order valence-electron chi connectivity index (χ0n) is 14.6. The standard InChI is InChI=1S/C18H19F3N4O2/c1-11-9-15(26)16(17(27)23-10-12-5-4-8-22-12)24-25(11)14-7-3-2-6-13(14)18(19,20)21/h2-3,6-7,9,12,22H,4-5,8,10H2,1H3,(H,23,27). The molecule has 1 aromatic heterocycles. The Balaban J connectivity index is 1.95. The number of aromatic nitrogens is 2. The number of carbonyl (C=O) groups excluding carboxylic acids is 1. The quantitative estimate of drug-likeness (QED) is 0.851. The number of para-hydroxylation sites is 1. The first-order valence-electron chi connectivity index (χ1n) is 8.56. The Labute approximate surface area is 153 Å². The molecule has 6 nitrogen and oxygen atoms in total. The van der Waals surface area contributed by atoms with Crippen molar-refractivity contribution in [1.29, 1.82) is 0 Å². The van der Waals surface area contributed by atoms with Gasteiger partial charge in [-0.2, -0.15) is 18.3 Å². The lowest BCUT2D eigenvalue weighted by Gasteiger charge is -2.17. The molecule has 1 aliphatic heterocycles. The Morgan fingerprint density at radius 2 is 2.11 bits per heavy atom. The van der Waals surface area contributed by atoms with Gasteiger partial charge in [-0.15, -0.1) is 0 Å². The maximum Gasteiger partial charge on any atom is 0.418 e. The van der Waals surface area contributed by atoms with Crippen LogP contribution in [-0.2, 0) is 6.18 Å². The molecule has 0 bridgehead atoms. The predicted octanol–water partition coefficient (Wildman–Crippen LogP) is 2.04. The molecular formula is C18H19F3N4O2. The summed E-state index contributed by atoms with van der Waals surface area (Å²) in [4.78, 5) is 24.5. The van der Waals surface area contributed by atoms with Crippen LogP contribution in [0.15, 0.2) is 35.1 Å². The van der Waals surface area contributed by atoms with Crippen molar-refractivity contribution >= 4 is 5.91 Å². The van der Waals surface area contributed by atoms with E-state index in [2.05, 4.69) is 15.7 Å². The Morgan fingerprint density at radius 1 is 1.37 bits per heavy atom. The van der Waals surface area contributed by atoms with Gasteiger partial charge in [0.2, 0.25) is 5.43 Å². The van der Waals surface area contributed by atoms with Crippen molar-refractivity contribution in [2.45, 2.75) is 32.0 Å². The van der Waals surface area contributed by atoms with Crippen molar-refractivity contribution in [1.82, 2.24) is 20.4 Å². The van der Waals surface area contributed by atoms with Crippen LogP contribution in [0.2, 0.25) is 0 Å². The van der Waals surface area contributed by atoms with Crippen LogP contribution in [0.5, 0.6) is 0 Å². The van der Waals surface area contributed by atoms with Gasteiger partial charge in [-0.05, 0) is 38.4 Å². The minimum Gasteiger partial charge on any atom is -0.349 e. The molecule has 144 valence electrons. The number of alkyl halides is 3. The smallest absolute Gasteiger partial charge is 0.349 e. The highest BCUT2D eigenvalue weighted by Gasteiger charge is 2.34. The summed E-state index contributed by atoms with van der Waals surface area (Å²) in [5.41, 5.74) is -2.01. The number of rotatable bonds is 4. The molecule has 2 N–H and O–H groups in total. The Kier molecular flexibility index (Phi) is 5.31. The van der Waals surface area contributed by atoms with Gasteiger partial charge in [0, 0.05) is 24.3 Å². The number of benzene rings is 1. The monoisotopic (exact) mass is 380 g/mol. The summed E-state index contributed by atoms with van der Waals surface area (Å²) in [7, 11) is 0. The normalized spacial score (nSPS) is 17.1. The minimum absolute atomic E-state index is 0.118. The molecule has 1 aliphatic rings. The summed E-state index contributed by atoms with van der Waals surface area (Å²) < 4.78 is 40.9. The molecule has 1 amide bonds. The average molecular weight is 380 g/mol. The summed E-state index contributed by atoms with van der Waals surface area (Å²) in [6.07, 6.45) is -2.68. The third kappa shape index (κ3) is 4.19. The third-order valence-electron chi connectivity index (χ3n) is 4.43. The molecule has 1 saturated heterocycles. The fraction of sp³-hybridized carbons (Fsp3) is 0.389. The van der Waals surface area contributed by atoms with Gasteiger partial charge in [-0.3, -0.25) is 9.59 Å². The molecular weight excluding hydrogens is 361 g/mol. The number of amides is 1. The second kappa shape index (κ2) is 7.51. The first-order chi connectivity index (χ1) is 12.8. The van der Waals surface area contributed by atoms with Gasteiger partial charge in [-0.25, -0.2) is 4.68 Å². The predicted molar refractivity (Wildman–Crippen MR) is 92.9 cm³/mol. The molecule has 0 aliphatic carbocycles. The van der Waals surface area contributed by atoms with Crippen LogP contribution in [0.3, 0.4) is 0 Å². The van der Waals surface area contributed by atoms with Crippen LogP contribution in [0.1, 0.15) is 34.6 Å². The van der Waals surface area contributed by atoms with E-state index in [1.807, 2.05) is 0 Å². The number of nitrogens with one attached hydrogen (secondary N) is 2. The Hall–Kier alpha value is -2.68. The van der Waals surface area contributed by atoms with Crippen molar-refractivity contribution in [2.75, 3.05) is 13.1 Å². The molecule has 9 heteroatoms. The molecule has 1 fully saturated rings. The van der Waals surface area contributed by atoms with E-state index in [9.17, 15) is 22.8 Å². The molecule has 1 unspecified atom stereocenters. The lowest BCUT2D eigenvalue weighted by Crippen LogP contribution is -2.39. The SMILES string of the molecule is Cc1cc(=O)c(C(=O)NCC2CCCN2)nn1-c1ccccc1C(F)(F)F. The Bertz CT molecular complexity index is 902. The van der Waals surface area contributed by atoms with Gasteiger partial charge in [0.05, 0.1) is 11.3 Å². The average Bonchev–Trinajstić information content (AvgIpc) is 3.12. The summed E-state index contributed by atoms with van der Waals surface area (Å²) in [6.45, 7) is 2.66. The molecule has 2 heterocycles. The summed E-state index contributed by atoms with van der Waals surface area (Å²) in [5.74, 6) is -0.702. The lowest BCUT2D eigenvalue weighted by atomic mass is 10.1. The van der Waals surface area contributed by atoms with Crippen molar-refractivity contribution in [2.24, 2.45) is 0 Å². The van der Waals surface area contributed by atoms with E-state index in [1.54, 1.807) is 0 Å². The van der Waals surface area contributed by atoms with Gasteiger partial charge < -0.3 is 10.6 Å². The molecule has 27 heavy (non-hydrogen) atoms. The topological polar surface area (TPSA) is 76.0 Å². The summed E-state index contributed by atoms with van der Waals surface area (Å²) >= 11 is 0. The van der Waals surface area contributed by atoms with Crippen LogP contribution in [-0.4, -0.2) is 34.8 Å². The summed E-state index contributed by atoms with van der Waals surface area (Å²) in [6, 6.07) is 6.12. The molecule has 3 rings (SSSR count). The van der Waals surface area contributed by atoms with Gasteiger partial charge in [0.1, 0.15) is 0 Å². The van der Waals surface area contributed by atoms with Crippen LogP contribution in [0.25, 0.3) is 5.69 Å². The minimum atomic E-state index is -4.59. The highest BCUT2D eigenvalue weighted by molar-refractivity contribution is 5.92. The van der Waals surface area contributed by atoms with Gasteiger partial charge in [-0.1, -0.05) is 12.1 Å². The van der Waals surface area contributed by atoms with Crippen molar-refractivity contribution in [3.05, 3.63) is 57.5 Å². The maximum atomic E-state index is 13.3. The highest BCUT2D eigenvalue weighted by Crippen LogP contribution is 2.33. The second-order valence-electron chi connectivity index (χ2n) is 6.43. The first-order valence-corrected chi connectivity index (χ1v) is 8.56. The number of hydrogen-bond donors (Lipinski definition) is 2. The fourth-order valence-electron chi connectivity index (χ4n) is 3.08. The van der Waals surface area contributed by atoms with E-state index in [-0.39, 0.29) is 17.4 Å². The summed E-state index contributed by atoms with van der Waals surface area (Å²) in [5, 5.41) is 9.76. The van der Waals surface area contributed by atoms with Crippen molar-refractivity contribution in [3.8, 4) is 5.69 Å². The largest absolute Gasteiger partial charge is 0.418 e. The number of aryl methyl sites for hydroxylation is 1. The first kappa shape index (κ1) is 19.1. The molecule has 1 atom stereocenters. The zero-order chi connectivity index (χ0) is 19.6. The van der Waals surface area contributed by atoms with Crippen LogP contribution in [0, 0.1) is 6.92 Å². The van der Waals surface area contributed by atoms with Gasteiger partial charge in [0.25, 0.3) is 5.91 Å². The maximum absolute atomic E-state index is 13.3. The van der Waals surface area contributed by atoms with E-state index in [1.165, 1.54) is 25.1 Å².